The van der Waals surface area contributed by atoms with E-state index in [-0.39, 0.29) is 17.8 Å². The van der Waals surface area contributed by atoms with E-state index in [1.165, 1.54) is 12.3 Å². The topological polar surface area (TPSA) is 58.8 Å². The van der Waals surface area contributed by atoms with Gasteiger partial charge in [0.15, 0.2) is 5.69 Å². The third kappa shape index (κ3) is 4.97. The van der Waals surface area contributed by atoms with E-state index in [1.807, 2.05) is 6.07 Å². The summed E-state index contributed by atoms with van der Waals surface area (Å²) in [6.07, 6.45) is 1.41. The third-order valence-corrected chi connectivity index (χ3v) is 5.28. The summed E-state index contributed by atoms with van der Waals surface area (Å²) >= 11 is 0. The molecule has 0 N–H and O–H groups in total. The Bertz CT molecular complexity index is 787. The number of hydrogen-bond donors (Lipinski definition) is 0. The molecule has 0 bridgehead atoms. The molecule has 1 atom stereocenters. The lowest BCUT2D eigenvalue weighted by Crippen LogP contribution is -2.40. The highest BCUT2D eigenvalue weighted by molar-refractivity contribution is 5.92. The summed E-state index contributed by atoms with van der Waals surface area (Å²) in [6.45, 7) is 9.41. The standard InChI is InChI=1S/C21H28FN3O3/c1-15(2)16(3)25(12-17-6-4-5-7-18(17)22)13-20-23-19(14-28-20)21(26)24-8-10-27-11-9-24/h4-7,14-16H,8-13H2,1-3H3. The molecule has 1 fully saturated rings. The molecule has 0 aliphatic carbocycles. The largest absolute Gasteiger partial charge is 0.447 e. The average Bonchev–Trinajstić information content (AvgIpc) is 3.17. The van der Waals surface area contributed by atoms with Crippen molar-refractivity contribution in [3.63, 3.8) is 0 Å². The van der Waals surface area contributed by atoms with Gasteiger partial charge in [-0.1, -0.05) is 32.0 Å². The van der Waals surface area contributed by atoms with Gasteiger partial charge < -0.3 is 14.1 Å². The molecule has 0 saturated carbocycles. The van der Waals surface area contributed by atoms with Crippen LogP contribution in [0.15, 0.2) is 34.9 Å². The second kappa shape index (κ2) is 9.30. The molecule has 0 spiro atoms. The van der Waals surface area contributed by atoms with Gasteiger partial charge >= 0.3 is 0 Å². The second-order valence-corrected chi connectivity index (χ2v) is 7.51. The Morgan fingerprint density at radius 2 is 1.93 bits per heavy atom. The number of carbonyl (C=O) groups excluding carboxylic acids is 1. The van der Waals surface area contributed by atoms with Crippen molar-refractivity contribution in [2.45, 2.75) is 39.9 Å². The maximum absolute atomic E-state index is 14.1. The summed E-state index contributed by atoms with van der Waals surface area (Å²) in [4.78, 5) is 20.8. The summed E-state index contributed by atoms with van der Waals surface area (Å²) < 4.78 is 25.0. The molecule has 1 aromatic heterocycles. The van der Waals surface area contributed by atoms with Gasteiger partial charge in [0.05, 0.1) is 19.8 Å². The minimum atomic E-state index is -0.223. The maximum Gasteiger partial charge on any atom is 0.275 e. The van der Waals surface area contributed by atoms with E-state index in [9.17, 15) is 9.18 Å². The molecule has 28 heavy (non-hydrogen) atoms. The molecule has 1 unspecified atom stereocenters. The number of benzene rings is 1. The fourth-order valence-corrected chi connectivity index (χ4v) is 3.19. The zero-order valence-corrected chi connectivity index (χ0v) is 16.7. The first-order valence-electron chi connectivity index (χ1n) is 9.74. The van der Waals surface area contributed by atoms with Crippen molar-refractivity contribution in [3.05, 3.63) is 53.5 Å². The second-order valence-electron chi connectivity index (χ2n) is 7.51. The molecule has 6 nitrogen and oxygen atoms in total. The fraction of sp³-hybridized carbons (Fsp3) is 0.524. The molecule has 0 radical (unpaired) electrons. The lowest BCUT2D eigenvalue weighted by molar-refractivity contribution is 0.0299. The van der Waals surface area contributed by atoms with Gasteiger partial charge in [0.1, 0.15) is 12.1 Å². The number of hydrogen-bond acceptors (Lipinski definition) is 5. The highest BCUT2D eigenvalue weighted by Gasteiger charge is 2.24. The molecule has 1 aliphatic rings. The van der Waals surface area contributed by atoms with Crippen LogP contribution in [0.25, 0.3) is 0 Å². The van der Waals surface area contributed by atoms with Crippen LogP contribution in [-0.2, 0) is 17.8 Å². The summed E-state index contributed by atoms with van der Waals surface area (Å²) in [7, 11) is 0. The number of amides is 1. The first-order chi connectivity index (χ1) is 13.5. The van der Waals surface area contributed by atoms with E-state index in [0.29, 0.717) is 62.5 Å². The van der Waals surface area contributed by atoms with Crippen LogP contribution in [0.3, 0.4) is 0 Å². The van der Waals surface area contributed by atoms with Gasteiger partial charge in [-0.25, -0.2) is 9.37 Å². The molecule has 1 amide bonds. The Balaban J connectivity index is 1.73. The minimum Gasteiger partial charge on any atom is -0.447 e. The van der Waals surface area contributed by atoms with Crippen LogP contribution in [0.5, 0.6) is 0 Å². The molecule has 2 aromatic rings. The van der Waals surface area contributed by atoms with Crippen molar-refractivity contribution < 1.29 is 18.3 Å². The van der Waals surface area contributed by atoms with Crippen molar-refractivity contribution >= 4 is 5.91 Å². The van der Waals surface area contributed by atoms with Crippen LogP contribution in [0.4, 0.5) is 4.39 Å². The third-order valence-electron chi connectivity index (χ3n) is 5.28. The summed E-state index contributed by atoms with van der Waals surface area (Å²) in [5.41, 5.74) is 0.936. The average molecular weight is 389 g/mol. The van der Waals surface area contributed by atoms with Crippen LogP contribution in [-0.4, -0.2) is 53.0 Å². The zero-order chi connectivity index (χ0) is 20.1. The highest BCUT2D eigenvalue weighted by atomic mass is 19.1. The van der Waals surface area contributed by atoms with E-state index in [1.54, 1.807) is 17.0 Å². The van der Waals surface area contributed by atoms with Gasteiger partial charge in [-0.15, -0.1) is 0 Å². The van der Waals surface area contributed by atoms with Crippen LogP contribution < -0.4 is 0 Å². The van der Waals surface area contributed by atoms with Crippen molar-refractivity contribution in [2.24, 2.45) is 5.92 Å². The van der Waals surface area contributed by atoms with Crippen molar-refractivity contribution in [1.29, 1.82) is 0 Å². The first-order valence-corrected chi connectivity index (χ1v) is 9.74. The van der Waals surface area contributed by atoms with Gasteiger partial charge in [-0.3, -0.25) is 9.69 Å². The molecular weight excluding hydrogens is 361 g/mol. The SMILES string of the molecule is CC(C)C(C)N(Cc1nc(C(=O)N2CCOCC2)co1)Cc1ccccc1F. The number of aromatic nitrogens is 1. The molecular formula is C21H28FN3O3. The van der Waals surface area contributed by atoms with Crippen LogP contribution in [0.2, 0.25) is 0 Å². The number of nitrogens with zero attached hydrogens (tertiary/aromatic N) is 3. The predicted octanol–water partition coefficient (Wildman–Crippen LogP) is 3.33. The van der Waals surface area contributed by atoms with E-state index < -0.39 is 0 Å². The highest BCUT2D eigenvalue weighted by Crippen LogP contribution is 2.20. The van der Waals surface area contributed by atoms with Crippen LogP contribution in [0, 0.1) is 11.7 Å². The number of halogens is 1. The lowest BCUT2D eigenvalue weighted by Gasteiger charge is -2.31. The van der Waals surface area contributed by atoms with Crippen molar-refractivity contribution in [2.75, 3.05) is 26.3 Å². The summed E-state index contributed by atoms with van der Waals surface area (Å²) in [6, 6.07) is 6.97. The molecule has 7 heteroatoms. The molecule has 2 heterocycles. The Hall–Kier alpha value is -2.25. The molecule has 1 aromatic carbocycles. The summed E-state index contributed by atoms with van der Waals surface area (Å²) in [5.74, 6) is 0.464. The Morgan fingerprint density at radius 3 is 2.61 bits per heavy atom. The quantitative estimate of drug-likeness (QED) is 0.727. The van der Waals surface area contributed by atoms with E-state index >= 15 is 0 Å². The monoisotopic (exact) mass is 389 g/mol. The van der Waals surface area contributed by atoms with E-state index in [2.05, 4.69) is 30.7 Å². The number of ether oxygens (including phenoxy) is 1. The van der Waals surface area contributed by atoms with Crippen LogP contribution >= 0.6 is 0 Å². The Morgan fingerprint density at radius 1 is 1.21 bits per heavy atom. The van der Waals surface area contributed by atoms with E-state index in [4.69, 9.17) is 9.15 Å². The summed E-state index contributed by atoms with van der Waals surface area (Å²) in [5, 5.41) is 0. The number of morpholine rings is 1. The number of oxazole rings is 1. The molecule has 3 rings (SSSR count). The van der Waals surface area contributed by atoms with Crippen molar-refractivity contribution in [1.82, 2.24) is 14.8 Å². The maximum atomic E-state index is 14.1. The number of carbonyl (C=O) groups is 1. The molecule has 1 saturated heterocycles. The van der Waals surface area contributed by atoms with Gasteiger partial charge in [-0.05, 0) is 18.9 Å². The van der Waals surface area contributed by atoms with Gasteiger partial charge in [0, 0.05) is 31.2 Å². The molecule has 152 valence electrons. The lowest BCUT2D eigenvalue weighted by atomic mass is 10.0. The first kappa shape index (κ1) is 20.5. The Labute approximate surface area is 165 Å². The Kier molecular flexibility index (Phi) is 6.80. The molecule has 1 aliphatic heterocycles. The van der Waals surface area contributed by atoms with Gasteiger partial charge in [0.2, 0.25) is 5.89 Å². The van der Waals surface area contributed by atoms with Gasteiger partial charge in [0.25, 0.3) is 5.91 Å². The van der Waals surface area contributed by atoms with Crippen LogP contribution in [0.1, 0.15) is 42.7 Å². The zero-order valence-electron chi connectivity index (χ0n) is 16.7. The van der Waals surface area contributed by atoms with Crippen molar-refractivity contribution in [3.8, 4) is 0 Å². The normalized spacial score (nSPS) is 16.0. The fourth-order valence-electron chi connectivity index (χ4n) is 3.19. The van der Waals surface area contributed by atoms with E-state index in [0.717, 1.165) is 0 Å². The predicted molar refractivity (Wildman–Crippen MR) is 103 cm³/mol. The van der Waals surface area contributed by atoms with Gasteiger partial charge in [-0.2, -0.15) is 0 Å². The smallest absolute Gasteiger partial charge is 0.275 e. The minimum absolute atomic E-state index is 0.143. The number of rotatable bonds is 7.